The number of para-hydroxylation sites is 1. The molecule has 0 aliphatic heterocycles. The van der Waals surface area contributed by atoms with Gasteiger partial charge >= 0.3 is 6.18 Å². The molecule has 0 heterocycles. The van der Waals surface area contributed by atoms with Crippen LogP contribution in [0.4, 0.5) is 24.5 Å². The van der Waals surface area contributed by atoms with Gasteiger partial charge in [-0.25, -0.2) is 0 Å². The number of rotatable bonds is 6. The van der Waals surface area contributed by atoms with Gasteiger partial charge < -0.3 is 21.5 Å². The van der Waals surface area contributed by atoms with E-state index < -0.39 is 18.7 Å². The average Bonchev–Trinajstić information content (AvgIpc) is 2.28. The average molecular weight is 277 g/mol. The maximum absolute atomic E-state index is 11.8. The molecule has 0 bridgehead atoms. The van der Waals surface area contributed by atoms with Crippen LogP contribution in [0.25, 0.3) is 0 Å². The number of ether oxygens (including phenoxy) is 1. The first-order chi connectivity index (χ1) is 8.81. The highest BCUT2D eigenvalue weighted by Crippen LogP contribution is 2.22. The van der Waals surface area contributed by atoms with Crippen molar-refractivity contribution in [3.8, 4) is 0 Å². The number of hydrogen-bond acceptors (Lipinski definition) is 4. The quantitative estimate of drug-likeness (QED) is 0.541. The van der Waals surface area contributed by atoms with Crippen molar-refractivity contribution in [1.82, 2.24) is 0 Å². The lowest BCUT2D eigenvalue weighted by Gasteiger charge is -2.13. The van der Waals surface area contributed by atoms with Gasteiger partial charge in [-0.15, -0.1) is 0 Å². The minimum absolute atomic E-state index is 0.0740. The van der Waals surface area contributed by atoms with Gasteiger partial charge in [0, 0.05) is 6.54 Å². The van der Waals surface area contributed by atoms with Gasteiger partial charge in [-0.3, -0.25) is 4.79 Å². The SMILES string of the molecule is NC(=O)c1cccc(N)c1NCCOCC(F)(F)F. The monoisotopic (exact) mass is 277 g/mol. The Balaban J connectivity index is 2.52. The number of nitrogens with one attached hydrogen (secondary N) is 1. The Labute approximate surface area is 107 Å². The van der Waals surface area contributed by atoms with Crippen molar-refractivity contribution in [2.24, 2.45) is 5.73 Å². The van der Waals surface area contributed by atoms with E-state index in [0.29, 0.717) is 5.69 Å². The predicted molar refractivity (Wildman–Crippen MR) is 64.7 cm³/mol. The summed E-state index contributed by atoms with van der Waals surface area (Å²) >= 11 is 0. The summed E-state index contributed by atoms with van der Waals surface area (Å²) in [6, 6.07) is 4.57. The third-order valence-corrected chi connectivity index (χ3v) is 2.18. The summed E-state index contributed by atoms with van der Waals surface area (Å²) in [6.07, 6.45) is -4.36. The molecule has 0 radical (unpaired) electrons. The van der Waals surface area contributed by atoms with Gasteiger partial charge in [0.1, 0.15) is 6.61 Å². The van der Waals surface area contributed by atoms with Crippen molar-refractivity contribution in [2.45, 2.75) is 6.18 Å². The number of alkyl halides is 3. The van der Waals surface area contributed by atoms with Crippen molar-refractivity contribution in [3.05, 3.63) is 23.8 Å². The molecule has 1 aromatic carbocycles. The number of nitrogens with two attached hydrogens (primary N) is 2. The highest BCUT2D eigenvalue weighted by Gasteiger charge is 2.27. The van der Waals surface area contributed by atoms with Crippen LogP contribution in [0, 0.1) is 0 Å². The molecule has 1 amide bonds. The lowest BCUT2D eigenvalue weighted by Crippen LogP contribution is -2.21. The van der Waals surface area contributed by atoms with Crippen LogP contribution in [0.2, 0.25) is 0 Å². The molecule has 0 aliphatic carbocycles. The fraction of sp³-hybridized carbons (Fsp3) is 0.364. The number of primary amides is 1. The second-order valence-electron chi connectivity index (χ2n) is 3.73. The normalized spacial score (nSPS) is 11.3. The van der Waals surface area contributed by atoms with Crippen molar-refractivity contribution in [1.29, 1.82) is 0 Å². The molecule has 0 unspecified atom stereocenters. The van der Waals surface area contributed by atoms with Crippen molar-refractivity contribution in [2.75, 3.05) is 30.8 Å². The molecule has 1 rings (SSSR count). The molecule has 8 heteroatoms. The number of halogens is 3. The Morgan fingerprint density at radius 3 is 2.63 bits per heavy atom. The number of nitrogen functional groups attached to an aromatic ring is 1. The van der Waals surface area contributed by atoms with Gasteiger partial charge in [-0.05, 0) is 12.1 Å². The lowest BCUT2D eigenvalue weighted by atomic mass is 10.1. The summed E-state index contributed by atoms with van der Waals surface area (Å²) in [7, 11) is 0. The molecule has 0 spiro atoms. The van der Waals surface area contributed by atoms with E-state index in [1.54, 1.807) is 12.1 Å². The van der Waals surface area contributed by atoms with E-state index in [1.807, 2.05) is 0 Å². The minimum atomic E-state index is -4.36. The van der Waals surface area contributed by atoms with Crippen LogP contribution < -0.4 is 16.8 Å². The predicted octanol–water partition coefficient (Wildman–Crippen LogP) is 1.36. The summed E-state index contributed by atoms with van der Waals surface area (Å²) in [6.45, 7) is -1.42. The van der Waals surface area contributed by atoms with E-state index in [1.165, 1.54) is 6.07 Å². The van der Waals surface area contributed by atoms with Crippen LogP contribution >= 0.6 is 0 Å². The third-order valence-electron chi connectivity index (χ3n) is 2.18. The van der Waals surface area contributed by atoms with Crippen molar-refractivity contribution < 1.29 is 22.7 Å². The molecule has 106 valence electrons. The van der Waals surface area contributed by atoms with Crippen LogP contribution in [-0.4, -0.2) is 31.8 Å². The van der Waals surface area contributed by atoms with Gasteiger partial charge in [0.2, 0.25) is 0 Å². The Morgan fingerprint density at radius 1 is 1.37 bits per heavy atom. The van der Waals surface area contributed by atoms with Gasteiger partial charge in [0.15, 0.2) is 0 Å². The largest absolute Gasteiger partial charge is 0.411 e. The zero-order valence-electron chi connectivity index (χ0n) is 9.96. The standard InChI is InChI=1S/C11H14F3N3O2/c12-11(13,14)6-19-5-4-17-9-7(10(16)18)2-1-3-8(9)15/h1-3,17H,4-6,15H2,(H2,16,18). The highest BCUT2D eigenvalue weighted by atomic mass is 19.4. The lowest BCUT2D eigenvalue weighted by molar-refractivity contribution is -0.172. The first-order valence-electron chi connectivity index (χ1n) is 5.38. The fourth-order valence-electron chi connectivity index (χ4n) is 1.41. The molecule has 0 saturated heterocycles. The Kier molecular flexibility index (Phi) is 4.99. The molecule has 0 atom stereocenters. The number of carbonyl (C=O) groups is 1. The summed E-state index contributed by atoms with van der Waals surface area (Å²) in [4.78, 5) is 11.1. The molecule has 19 heavy (non-hydrogen) atoms. The maximum Gasteiger partial charge on any atom is 0.411 e. The highest BCUT2D eigenvalue weighted by molar-refractivity contribution is 6.01. The van der Waals surface area contributed by atoms with Gasteiger partial charge in [-0.1, -0.05) is 6.07 Å². The Hall–Kier alpha value is -1.96. The molecule has 0 aliphatic rings. The van der Waals surface area contributed by atoms with Crippen LogP contribution in [0.3, 0.4) is 0 Å². The first kappa shape index (κ1) is 15.1. The summed E-state index contributed by atoms with van der Waals surface area (Å²) in [5, 5.41) is 2.73. The van der Waals surface area contributed by atoms with Crippen LogP contribution in [-0.2, 0) is 4.74 Å². The Morgan fingerprint density at radius 2 is 2.05 bits per heavy atom. The van der Waals surface area contributed by atoms with Gasteiger partial charge in [0.05, 0.1) is 23.5 Å². The van der Waals surface area contributed by atoms with Crippen LogP contribution in [0.15, 0.2) is 18.2 Å². The third kappa shape index (κ3) is 5.04. The van der Waals surface area contributed by atoms with E-state index in [-0.39, 0.29) is 24.4 Å². The zero-order chi connectivity index (χ0) is 14.5. The molecule has 0 aromatic heterocycles. The molecular weight excluding hydrogens is 263 g/mol. The first-order valence-corrected chi connectivity index (χ1v) is 5.38. The van der Waals surface area contributed by atoms with E-state index >= 15 is 0 Å². The summed E-state index contributed by atoms with van der Waals surface area (Å²) < 4.78 is 39.9. The topological polar surface area (TPSA) is 90.4 Å². The molecule has 5 nitrogen and oxygen atoms in total. The second-order valence-corrected chi connectivity index (χ2v) is 3.73. The maximum atomic E-state index is 11.8. The number of carbonyl (C=O) groups excluding carboxylic acids is 1. The van der Waals surface area contributed by atoms with Crippen molar-refractivity contribution >= 4 is 17.3 Å². The fourth-order valence-corrected chi connectivity index (χ4v) is 1.41. The molecular formula is C11H14F3N3O2. The van der Waals surface area contributed by atoms with Crippen LogP contribution in [0.5, 0.6) is 0 Å². The van der Waals surface area contributed by atoms with Gasteiger partial charge in [0.25, 0.3) is 5.91 Å². The zero-order valence-corrected chi connectivity index (χ0v) is 9.96. The van der Waals surface area contributed by atoms with Crippen LogP contribution in [0.1, 0.15) is 10.4 Å². The van der Waals surface area contributed by atoms with E-state index in [9.17, 15) is 18.0 Å². The molecule has 0 saturated carbocycles. The number of anilines is 2. The van der Waals surface area contributed by atoms with E-state index in [4.69, 9.17) is 11.5 Å². The molecule has 5 N–H and O–H groups in total. The molecule has 0 fully saturated rings. The smallest absolute Gasteiger partial charge is 0.397 e. The molecule has 1 aromatic rings. The number of hydrogen-bond donors (Lipinski definition) is 3. The second kappa shape index (κ2) is 6.28. The number of benzene rings is 1. The summed E-state index contributed by atoms with van der Waals surface area (Å²) in [5.74, 6) is -0.675. The van der Waals surface area contributed by atoms with Gasteiger partial charge in [-0.2, -0.15) is 13.2 Å². The van der Waals surface area contributed by atoms with E-state index in [2.05, 4.69) is 10.1 Å². The summed E-state index contributed by atoms with van der Waals surface area (Å²) in [5.41, 5.74) is 11.6. The van der Waals surface area contributed by atoms with E-state index in [0.717, 1.165) is 0 Å². The number of amides is 1. The van der Waals surface area contributed by atoms with Crippen molar-refractivity contribution in [3.63, 3.8) is 0 Å². The minimum Gasteiger partial charge on any atom is -0.397 e. The Bertz CT molecular complexity index is 449.